The number of nitrogens with one attached hydrogen (secondary N) is 1. The molecule has 1 aromatic heterocycles. The van der Waals surface area contributed by atoms with Gasteiger partial charge in [-0.2, -0.15) is 0 Å². The molecule has 0 saturated carbocycles. The number of halogens is 4. The largest absolute Gasteiger partial charge is 0.375 e. The van der Waals surface area contributed by atoms with E-state index in [4.69, 9.17) is 4.74 Å². The molecule has 1 N–H and O–H groups in total. The fraction of sp³-hybridized carbons (Fsp3) is 0.433. The van der Waals surface area contributed by atoms with E-state index in [1.54, 1.807) is 0 Å². The van der Waals surface area contributed by atoms with E-state index < -0.39 is 29.5 Å². The molecule has 2 aromatic carbocycles. The highest BCUT2D eigenvalue weighted by Crippen LogP contribution is 2.36. The van der Waals surface area contributed by atoms with E-state index in [-0.39, 0.29) is 35.0 Å². The second-order valence-corrected chi connectivity index (χ2v) is 11.0. The van der Waals surface area contributed by atoms with Crippen molar-refractivity contribution in [3.05, 3.63) is 65.5 Å². The number of anilines is 3. The summed E-state index contributed by atoms with van der Waals surface area (Å²) >= 11 is 0. The van der Waals surface area contributed by atoms with E-state index in [1.807, 2.05) is 37.6 Å². The average molecular weight is 587 g/mol. The lowest BCUT2D eigenvalue weighted by molar-refractivity contribution is 0.0526. The number of piperazine rings is 1. The molecular weight excluding hydrogens is 552 g/mol. The molecular formula is C30H34F4N6O2. The SMILES string of the molecule is CC1CN(c2ncc(-c3cc(NC(=O)c4ccc(F)cc4C(F)F)c(N4CC(C)N(C)C(C)C4)cc3F)cn2)CCO1. The number of aromatic nitrogens is 2. The van der Waals surface area contributed by atoms with Crippen LogP contribution in [0.1, 0.15) is 43.1 Å². The third-order valence-corrected chi connectivity index (χ3v) is 8.00. The first-order valence-corrected chi connectivity index (χ1v) is 13.9. The van der Waals surface area contributed by atoms with Crippen LogP contribution in [-0.4, -0.2) is 78.8 Å². The minimum atomic E-state index is -3.06. The molecule has 5 rings (SSSR count). The molecule has 3 atom stereocenters. The Balaban J connectivity index is 1.52. The van der Waals surface area contributed by atoms with E-state index in [0.717, 1.165) is 12.1 Å². The number of carbonyl (C=O) groups excluding carboxylic acids is 1. The van der Waals surface area contributed by atoms with Gasteiger partial charge in [0.2, 0.25) is 5.95 Å². The Morgan fingerprint density at radius 1 is 1.00 bits per heavy atom. The monoisotopic (exact) mass is 586 g/mol. The van der Waals surface area contributed by atoms with Crippen LogP contribution in [0.25, 0.3) is 11.1 Å². The summed E-state index contributed by atoms with van der Waals surface area (Å²) in [5, 5.41) is 2.71. The van der Waals surface area contributed by atoms with Gasteiger partial charge in [-0.15, -0.1) is 0 Å². The Morgan fingerprint density at radius 3 is 2.33 bits per heavy atom. The Kier molecular flexibility index (Phi) is 8.65. The number of benzene rings is 2. The number of rotatable bonds is 6. The van der Waals surface area contributed by atoms with Gasteiger partial charge >= 0.3 is 0 Å². The van der Waals surface area contributed by atoms with Crippen LogP contribution in [0.15, 0.2) is 42.7 Å². The fourth-order valence-electron chi connectivity index (χ4n) is 5.48. The van der Waals surface area contributed by atoms with Crippen molar-refractivity contribution >= 4 is 23.2 Å². The van der Waals surface area contributed by atoms with Gasteiger partial charge in [0.05, 0.1) is 24.1 Å². The maximum absolute atomic E-state index is 15.7. The van der Waals surface area contributed by atoms with Crippen molar-refractivity contribution < 1.29 is 27.1 Å². The second-order valence-electron chi connectivity index (χ2n) is 11.0. The summed E-state index contributed by atoms with van der Waals surface area (Å²) in [5.41, 5.74) is 0.0810. The van der Waals surface area contributed by atoms with Gasteiger partial charge in [0.15, 0.2) is 0 Å². The van der Waals surface area contributed by atoms with Gasteiger partial charge in [-0.1, -0.05) is 0 Å². The predicted octanol–water partition coefficient (Wildman–Crippen LogP) is 5.37. The Morgan fingerprint density at radius 2 is 1.69 bits per heavy atom. The molecule has 8 nitrogen and oxygen atoms in total. The van der Waals surface area contributed by atoms with Gasteiger partial charge < -0.3 is 19.9 Å². The molecule has 3 aromatic rings. The van der Waals surface area contributed by atoms with Gasteiger partial charge in [0.1, 0.15) is 11.6 Å². The van der Waals surface area contributed by atoms with Crippen LogP contribution in [0.4, 0.5) is 34.9 Å². The highest BCUT2D eigenvalue weighted by Gasteiger charge is 2.30. The Bertz CT molecular complexity index is 1430. The zero-order chi connectivity index (χ0) is 30.1. The van der Waals surface area contributed by atoms with E-state index >= 15 is 4.39 Å². The highest BCUT2D eigenvalue weighted by molar-refractivity contribution is 6.07. The quantitative estimate of drug-likeness (QED) is 0.390. The van der Waals surface area contributed by atoms with Crippen molar-refractivity contribution in [2.24, 2.45) is 0 Å². The number of nitrogens with zero attached hydrogens (tertiary/aromatic N) is 5. The van der Waals surface area contributed by atoms with Gasteiger partial charge in [-0.05, 0) is 58.2 Å². The lowest BCUT2D eigenvalue weighted by Gasteiger charge is -2.44. The number of alkyl halides is 2. The normalized spacial score (nSPS) is 21.6. The van der Waals surface area contributed by atoms with Crippen molar-refractivity contribution in [3.63, 3.8) is 0 Å². The van der Waals surface area contributed by atoms with Crippen LogP contribution in [0.3, 0.4) is 0 Å². The summed E-state index contributed by atoms with van der Waals surface area (Å²) in [5.74, 6) is -1.78. The van der Waals surface area contributed by atoms with Gasteiger partial charge in [0.25, 0.3) is 12.3 Å². The molecule has 2 saturated heterocycles. The lowest BCUT2D eigenvalue weighted by atomic mass is 10.0. The standard InChI is InChI=1S/C30H34F4N6O2/c1-17-14-40(15-18(2)38(17)4)27-11-25(32)23(20-12-35-30(36-13-20)39-7-8-42-19(3)16-39)10-26(27)37-29(41)22-6-5-21(31)9-24(22)28(33)34/h5-6,9-13,17-19,28H,7-8,14-16H2,1-4H3,(H,37,41). The first-order chi connectivity index (χ1) is 20.0. The summed E-state index contributed by atoms with van der Waals surface area (Å²) in [6.45, 7) is 8.98. The first-order valence-electron chi connectivity index (χ1n) is 13.9. The molecule has 2 fully saturated rings. The number of hydrogen-bond acceptors (Lipinski definition) is 7. The van der Waals surface area contributed by atoms with Gasteiger partial charge in [0, 0.05) is 72.9 Å². The summed E-state index contributed by atoms with van der Waals surface area (Å²) in [4.78, 5) is 28.4. The molecule has 0 bridgehead atoms. The molecule has 224 valence electrons. The summed E-state index contributed by atoms with van der Waals surface area (Å²) in [6, 6.07) is 5.69. The Hall–Kier alpha value is -3.77. The maximum Gasteiger partial charge on any atom is 0.264 e. The van der Waals surface area contributed by atoms with Crippen LogP contribution in [0, 0.1) is 11.6 Å². The number of morpholine rings is 1. The van der Waals surface area contributed by atoms with E-state index in [0.29, 0.717) is 56.1 Å². The van der Waals surface area contributed by atoms with Crippen LogP contribution in [-0.2, 0) is 4.74 Å². The average Bonchev–Trinajstić information content (AvgIpc) is 2.96. The molecule has 12 heteroatoms. The highest BCUT2D eigenvalue weighted by atomic mass is 19.3. The molecule has 3 heterocycles. The van der Waals surface area contributed by atoms with E-state index in [1.165, 1.54) is 24.5 Å². The van der Waals surface area contributed by atoms with Crippen molar-refractivity contribution in [2.75, 3.05) is 55.0 Å². The Labute approximate surface area is 242 Å². The molecule has 2 aliphatic rings. The van der Waals surface area contributed by atoms with Crippen LogP contribution < -0.4 is 15.1 Å². The molecule has 42 heavy (non-hydrogen) atoms. The minimum Gasteiger partial charge on any atom is -0.375 e. The molecule has 1 amide bonds. The summed E-state index contributed by atoms with van der Waals surface area (Å²) < 4.78 is 62.4. The second kappa shape index (κ2) is 12.2. The lowest BCUT2D eigenvalue weighted by Crippen LogP contribution is -2.55. The zero-order valence-electron chi connectivity index (χ0n) is 24.0. The van der Waals surface area contributed by atoms with Gasteiger partial charge in [-0.25, -0.2) is 27.5 Å². The minimum absolute atomic E-state index is 0.0323. The number of hydrogen-bond donors (Lipinski definition) is 1. The topological polar surface area (TPSA) is 73.8 Å². The van der Waals surface area contributed by atoms with E-state index in [9.17, 15) is 18.0 Å². The third-order valence-electron chi connectivity index (χ3n) is 8.00. The number of likely N-dealkylation sites (N-methyl/N-ethyl adjacent to an activating group) is 1. The van der Waals surface area contributed by atoms with Crippen molar-refractivity contribution in [1.82, 2.24) is 14.9 Å². The predicted molar refractivity (Wildman–Crippen MR) is 153 cm³/mol. The molecule has 0 radical (unpaired) electrons. The van der Waals surface area contributed by atoms with Crippen LogP contribution >= 0.6 is 0 Å². The fourth-order valence-corrected chi connectivity index (χ4v) is 5.48. The molecule has 0 aliphatic carbocycles. The van der Waals surface area contributed by atoms with Crippen LogP contribution in [0.2, 0.25) is 0 Å². The number of ether oxygens (including phenoxy) is 1. The zero-order valence-corrected chi connectivity index (χ0v) is 24.0. The van der Waals surface area contributed by atoms with Crippen LogP contribution in [0.5, 0.6) is 0 Å². The van der Waals surface area contributed by atoms with Crippen molar-refractivity contribution in [1.29, 1.82) is 0 Å². The van der Waals surface area contributed by atoms with Gasteiger partial charge in [-0.3, -0.25) is 9.69 Å². The van der Waals surface area contributed by atoms with Crippen molar-refractivity contribution in [3.8, 4) is 11.1 Å². The smallest absolute Gasteiger partial charge is 0.264 e. The number of amides is 1. The number of carbonyl (C=O) groups is 1. The molecule has 0 spiro atoms. The molecule has 3 unspecified atom stereocenters. The first kappa shape index (κ1) is 29.7. The van der Waals surface area contributed by atoms with Crippen molar-refractivity contribution in [2.45, 2.75) is 45.4 Å². The summed E-state index contributed by atoms with van der Waals surface area (Å²) in [7, 11) is 2.01. The maximum atomic E-state index is 15.7. The third kappa shape index (κ3) is 6.19. The molecule has 2 aliphatic heterocycles. The summed E-state index contributed by atoms with van der Waals surface area (Å²) in [6.07, 6.45) is 0.00115. The van der Waals surface area contributed by atoms with E-state index in [2.05, 4.69) is 20.2 Å².